The van der Waals surface area contributed by atoms with Gasteiger partial charge in [0, 0.05) is 32.4 Å². The van der Waals surface area contributed by atoms with Crippen LogP contribution in [0.2, 0.25) is 0 Å². The van der Waals surface area contributed by atoms with Gasteiger partial charge in [-0.3, -0.25) is 4.98 Å². The number of aromatic amines is 1. The van der Waals surface area contributed by atoms with E-state index in [1.807, 2.05) is 18.3 Å². The molecule has 0 unspecified atom stereocenters. The second-order valence-electron chi connectivity index (χ2n) is 7.45. The second-order valence-corrected chi connectivity index (χ2v) is 8.91. The van der Waals surface area contributed by atoms with E-state index in [1.165, 1.54) is 31.6 Å². The minimum Gasteiger partial charge on any atom is -0.362 e. The highest BCUT2D eigenvalue weighted by atomic mass is 127. The SMILES string of the molecule is Cc1cc(C)cc(N2C(=S)N[C@@H](c3ccccn3)[C@@H]2c2c(C)[nH]c(C)c2I)c1. The zero-order valence-electron chi connectivity index (χ0n) is 16.4. The summed E-state index contributed by atoms with van der Waals surface area (Å²) in [6, 6.07) is 12.7. The van der Waals surface area contributed by atoms with Crippen molar-refractivity contribution in [2.45, 2.75) is 39.8 Å². The van der Waals surface area contributed by atoms with E-state index in [1.54, 1.807) is 0 Å². The van der Waals surface area contributed by atoms with Crippen molar-refractivity contribution in [3.8, 4) is 0 Å². The number of benzene rings is 1. The summed E-state index contributed by atoms with van der Waals surface area (Å²) in [7, 11) is 0. The zero-order chi connectivity index (χ0) is 20.0. The molecule has 1 fully saturated rings. The van der Waals surface area contributed by atoms with E-state index >= 15 is 0 Å². The first-order chi connectivity index (χ1) is 13.4. The van der Waals surface area contributed by atoms with Gasteiger partial charge in [-0.25, -0.2) is 0 Å². The Labute approximate surface area is 184 Å². The third-order valence-corrected chi connectivity index (χ3v) is 6.93. The molecule has 1 aliphatic rings. The Morgan fingerprint density at radius 2 is 1.75 bits per heavy atom. The summed E-state index contributed by atoms with van der Waals surface area (Å²) in [5, 5.41) is 4.28. The molecule has 0 amide bonds. The number of rotatable bonds is 3. The lowest BCUT2D eigenvalue weighted by molar-refractivity contribution is 0.564. The molecule has 4 rings (SSSR count). The topological polar surface area (TPSA) is 44.0 Å². The zero-order valence-corrected chi connectivity index (χ0v) is 19.4. The van der Waals surface area contributed by atoms with Gasteiger partial charge in [-0.15, -0.1) is 0 Å². The highest BCUT2D eigenvalue weighted by Crippen LogP contribution is 2.44. The first-order valence-corrected chi connectivity index (χ1v) is 10.8. The van der Waals surface area contributed by atoms with Gasteiger partial charge in [0.2, 0.25) is 0 Å². The lowest BCUT2D eigenvalue weighted by atomic mass is 9.96. The van der Waals surface area contributed by atoms with Gasteiger partial charge in [-0.05, 0) is 97.9 Å². The van der Waals surface area contributed by atoms with Crippen LogP contribution >= 0.6 is 34.8 Å². The van der Waals surface area contributed by atoms with Crippen LogP contribution in [0.4, 0.5) is 5.69 Å². The number of thiocarbonyl (C=S) groups is 1. The van der Waals surface area contributed by atoms with Crippen LogP contribution in [-0.2, 0) is 0 Å². The van der Waals surface area contributed by atoms with Crippen LogP contribution in [0, 0.1) is 31.3 Å². The van der Waals surface area contributed by atoms with E-state index in [0.29, 0.717) is 0 Å². The molecule has 1 aliphatic heterocycles. The maximum absolute atomic E-state index is 5.83. The van der Waals surface area contributed by atoms with E-state index in [-0.39, 0.29) is 12.1 Å². The van der Waals surface area contributed by atoms with Crippen LogP contribution in [-0.4, -0.2) is 15.1 Å². The number of anilines is 1. The molecule has 1 aromatic carbocycles. The predicted octanol–water partition coefficient (Wildman–Crippen LogP) is 5.43. The molecule has 2 aromatic heterocycles. The molecule has 28 heavy (non-hydrogen) atoms. The molecule has 0 spiro atoms. The number of hydrogen-bond acceptors (Lipinski definition) is 2. The molecule has 2 atom stereocenters. The van der Waals surface area contributed by atoms with Crippen molar-refractivity contribution >= 4 is 45.6 Å². The quantitative estimate of drug-likeness (QED) is 0.371. The first-order valence-electron chi connectivity index (χ1n) is 9.30. The van der Waals surface area contributed by atoms with Gasteiger partial charge in [-0.2, -0.15) is 0 Å². The Balaban J connectivity index is 1.92. The van der Waals surface area contributed by atoms with Gasteiger partial charge in [0.15, 0.2) is 5.11 Å². The number of halogens is 1. The molecule has 1 saturated heterocycles. The molecule has 0 radical (unpaired) electrons. The Morgan fingerprint density at radius 3 is 2.32 bits per heavy atom. The fraction of sp³-hybridized carbons (Fsp3) is 0.273. The van der Waals surface area contributed by atoms with Crippen LogP contribution in [0.15, 0.2) is 42.6 Å². The highest BCUT2D eigenvalue weighted by Gasteiger charge is 2.43. The molecular weight excluding hydrogens is 479 g/mol. The van der Waals surface area contributed by atoms with Gasteiger partial charge in [0.25, 0.3) is 0 Å². The molecule has 0 aliphatic carbocycles. The Bertz CT molecular complexity index is 1020. The second kappa shape index (κ2) is 7.48. The third-order valence-electron chi connectivity index (χ3n) is 5.22. The van der Waals surface area contributed by atoms with Crippen LogP contribution in [0.5, 0.6) is 0 Å². The van der Waals surface area contributed by atoms with Crippen LogP contribution in [0.25, 0.3) is 0 Å². The fourth-order valence-electron chi connectivity index (χ4n) is 4.14. The Morgan fingerprint density at radius 1 is 1.04 bits per heavy atom. The predicted molar refractivity (Wildman–Crippen MR) is 127 cm³/mol. The molecule has 0 bridgehead atoms. The van der Waals surface area contributed by atoms with Crippen LogP contribution in [0.1, 0.15) is 45.9 Å². The van der Waals surface area contributed by atoms with E-state index in [2.05, 4.69) is 94.7 Å². The van der Waals surface area contributed by atoms with Gasteiger partial charge < -0.3 is 15.2 Å². The summed E-state index contributed by atoms with van der Waals surface area (Å²) >= 11 is 8.28. The Hall–Kier alpha value is -1.93. The molecule has 3 aromatic rings. The van der Waals surface area contributed by atoms with Crippen molar-refractivity contribution in [2.75, 3.05) is 4.90 Å². The maximum Gasteiger partial charge on any atom is 0.174 e. The van der Waals surface area contributed by atoms with Crippen molar-refractivity contribution < 1.29 is 0 Å². The summed E-state index contributed by atoms with van der Waals surface area (Å²) in [4.78, 5) is 10.4. The average molecular weight is 502 g/mol. The third kappa shape index (κ3) is 3.33. The molecule has 144 valence electrons. The number of aryl methyl sites for hydroxylation is 4. The Kier molecular flexibility index (Phi) is 5.18. The molecule has 0 saturated carbocycles. The number of pyridine rings is 1. The summed E-state index contributed by atoms with van der Waals surface area (Å²) in [5.41, 5.74) is 8.22. The number of nitrogens with zero attached hydrogens (tertiary/aromatic N) is 2. The number of nitrogens with one attached hydrogen (secondary N) is 2. The number of aromatic nitrogens is 2. The monoisotopic (exact) mass is 502 g/mol. The van der Waals surface area contributed by atoms with Gasteiger partial charge in [-0.1, -0.05) is 12.1 Å². The molecular formula is C22H23IN4S. The van der Waals surface area contributed by atoms with E-state index in [0.717, 1.165) is 16.5 Å². The van der Waals surface area contributed by atoms with Gasteiger partial charge >= 0.3 is 0 Å². The van der Waals surface area contributed by atoms with Crippen molar-refractivity contribution in [2.24, 2.45) is 0 Å². The number of H-pyrrole nitrogens is 1. The number of hydrogen-bond donors (Lipinski definition) is 2. The molecule has 4 nitrogen and oxygen atoms in total. The van der Waals surface area contributed by atoms with Crippen molar-refractivity contribution in [1.82, 2.24) is 15.3 Å². The average Bonchev–Trinajstić information content (AvgIpc) is 3.10. The van der Waals surface area contributed by atoms with Crippen molar-refractivity contribution in [3.63, 3.8) is 0 Å². The summed E-state index contributed by atoms with van der Waals surface area (Å²) < 4.78 is 1.25. The maximum atomic E-state index is 5.83. The minimum atomic E-state index is -0.0167. The van der Waals surface area contributed by atoms with Crippen LogP contribution in [0.3, 0.4) is 0 Å². The molecule has 2 N–H and O–H groups in total. The normalized spacial score (nSPS) is 19.2. The summed E-state index contributed by atoms with van der Waals surface area (Å²) in [6.45, 7) is 8.52. The first kappa shape index (κ1) is 19.4. The lowest BCUT2D eigenvalue weighted by Crippen LogP contribution is -2.30. The molecule has 3 heterocycles. The standard InChI is InChI=1S/C22H23IN4S/c1-12-9-13(2)11-16(10-12)27-21(18-14(3)25-15(4)19(18)23)20(26-22(27)28)17-7-5-6-8-24-17/h5-11,20-21,25H,1-4H3,(H,26,28)/t20-,21-/m0/s1. The van der Waals surface area contributed by atoms with Gasteiger partial charge in [0.05, 0.1) is 17.8 Å². The van der Waals surface area contributed by atoms with Crippen molar-refractivity contribution in [1.29, 1.82) is 0 Å². The summed E-state index contributed by atoms with van der Waals surface area (Å²) in [5.74, 6) is 0. The largest absolute Gasteiger partial charge is 0.362 e. The molecule has 6 heteroatoms. The smallest absolute Gasteiger partial charge is 0.174 e. The van der Waals surface area contributed by atoms with E-state index in [4.69, 9.17) is 12.2 Å². The van der Waals surface area contributed by atoms with E-state index < -0.39 is 0 Å². The van der Waals surface area contributed by atoms with Gasteiger partial charge in [0.1, 0.15) is 0 Å². The lowest BCUT2D eigenvalue weighted by Gasteiger charge is -2.29. The van der Waals surface area contributed by atoms with Crippen LogP contribution < -0.4 is 10.2 Å². The highest BCUT2D eigenvalue weighted by molar-refractivity contribution is 14.1. The van der Waals surface area contributed by atoms with E-state index in [9.17, 15) is 0 Å². The minimum absolute atomic E-state index is 0.0167. The van der Waals surface area contributed by atoms with Crippen molar-refractivity contribution in [3.05, 3.63) is 79.9 Å². The summed E-state index contributed by atoms with van der Waals surface area (Å²) in [6.07, 6.45) is 1.84. The fourth-order valence-corrected chi connectivity index (χ4v) is 5.34.